The number of ether oxygens (including phenoxy) is 2. The second kappa shape index (κ2) is 12.1. The summed E-state index contributed by atoms with van der Waals surface area (Å²) < 4.78 is 11.3. The first-order valence-corrected chi connectivity index (χ1v) is 12.7. The zero-order valence-electron chi connectivity index (χ0n) is 21.9. The molecular formula is C29H40N2O4. The van der Waals surface area contributed by atoms with Gasteiger partial charge in [-0.25, -0.2) is 4.79 Å². The van der Waals surface area contributed by atoms with Gasteiger partial charge in [0.2, 0.25) is 0 Å². The maximum absolute atomic E-state index is 12.8. The van der Waals surface area contributed by atoms with E-state index in [1.54, 1.807) is 12.0 Å². The fourth-order valence-electron chi connectivity index (χ4n) is 4.54. The Labute approximate surface area is 210 Å². The number of anilines is 1. The van der Waals surface area contributed by atoms with E-state index in [0.717, 1.165) is 55.5 Å². The number of likely N-dealkylation sites (N-methyl/N-ethyl adjacent to an activating group) is 1. The van der Waals surface area contributed by atoms with Crippen molar-refractivity contribution in [3.63, 3.8) is 0 Å². The molecule has 0 atom stereocenters. The molecule has 35 heavy (non-hydrogen) atoms. The summed E-state index contributed by atoms with van der Waals surface area (Å²) in [7, 11) is 1.68. The fourth-order valence-corrected chi connectivity index (χ4v) is 4.54. The van der Waals surface area contributed by atoms with Crippen LogP contribution in [0.2, 0.25) is 0 Å². The van der Waals surface area contributed by atoms with E-state index in [9.17, 15) is 9.59 Å². The molecule has 0 aromatic heterocycles. The summed E-state index contributed by atoms with van der Waals surface area (Å²) in [6.45, 7) is 11.0. The van der Waals surface area contributed by atoms with Gasteiger partial charge in [-0.2, -0.15) is 0 Å². The van der Waals surface area contributed by atoms with Crippen LogP contribution in [0, 0.1) is 0 Å². The molecule has 0 radical (unpaired) electrons. The standard InChI is InChI=1S/C29H40N2O4/c1-6-30-17-14-24-20-22(10-12-26(24)30)23-11-13-27(34-5)25(21-23)15-18-31(16-8-7-9-19-32)28(33)35-29(2,3)4/h10-13,19-21H,6-9,14-18H2,1-5H3. The van der Waals surface area contributed by atoms with Crippen LogP contribution in [0.15, 0.2) is 36.4 Å². The van der Waals surface area contributed by atoms with Crippen molar-refractivity contribution in [3.05, 3.63) is 47.5 Å². The molecule has 1 amide bonds. The van der Waals surface area contributed by atoms with Gasteiger partial charge in [-0.15, -0.1) is 0 Å². The fraction of sp³-hybridized carbons (Fsp3) is 0.517. The molecule has 1 aliphatic rings. The Morgan fingerprint density at radius 2 is 1.83 bits per heavy atom. The molecule has 0 unspecified atom stereocenters. The van der Waals surface area contributed by atoms with E-state index in [1.165, 1.54) is 16.8 Å². The van der Waals surface area contributed by atoms with Gasteiger partial charge >= 0.3 is 6.09 Å². The van der Waals surface area contributed by atoms with E-state index >= 15 is 0 Å². The van der Waals surface area contributed by atoms with Gasteiger partial charge in [0.15, 0.2) is 0 Å². The van der Waals surface area contributed by atoms with Gasteiger partial charge in [-0.3, -0.25) is 0 Å². The molecule has 190 valence electrons. The number of rotatable bonds is 11. The van der Waals surface area contributed by atoms with Gasteiger partial charge in [0, 0.05) is 38.3 Å². The average Bonchev–Trinajstić information content (AvgIpc) is 3.24. The van der Waals surface area contributed by atoms with Crippen LogP contribution in [0.1, 0.15) is 58.1 Å². The van der Waals surface area contributed by atoms with Gasteiger partial charge in [0.05, 0.1) is 7.11 Å². The Kier molecular flexibility index (Phi) is 9.19. The number of hydrogen-bond acceptors (Lipinski definition) is 5. The van der Waals surface area contributed by atoms with Crippen LogP contribution >= 0.6 is 0 Å². The first-order valence-electron chi connectivity index (χ1n) is 12.7. The Morgan fingerprint density at radius 3 is 2.51 bits per heavy atom. The highest BCUT2D eigenvalue weighted by molar-refractivity contribution is 5.72. The van der Waals surface area contributed by atoms with Crippen LogP contribution < -0.4 is 9.64 Å². The van der Waals surface area contributed by atoms with Crippen LogP contribution in [0.4, 0.5) is 10.5 Å². The van der Waals surface area contributed by atoms with Crippen molar-refractivity contribution in [1.29, 1.82) is 0 Å². The highest BCUT2D eigenvalue weighted by Gasteiger charge is 2.23. The van der Waals surface area contributed by atoms with Crippen LogP contribution in [0.3, 0.4) is 0 Å². The van der Waals surface area contributed by atoms with Crippen LogP contribution in [-0.2, 0) is 22.4 Å². The quantitative estimate of drug-likeness (QED) is 0.296. The molecule has 0 N–H and O–H groups in total. The zero-order chi connectivity index (χ0) is 25.4. The molecule has 2 aromatic rings. The lowest BCUT2D eigenvalue weighted by Gasteiger charge is -2.27. The number of hydrogen-bond donors (Lipinski definition) is 0. The number of benzene rings is 2. The van der Waals surface area contributed by atoms with Gasteiger partial charge in [0.25, 0.3) is 0 Å². The van der Waals surface area contributed by atoms with Crippen molar-refractivity contribution < 1.29 is 19.1 Å². The Bertz CT molecular complexity index is 1010. The van der Waals surface area contributed by atoms with E-state index in [2.05, 4.69) is 42.2 Å². The lowest BCUT2D eigenvalue weighted by molar-refractivity contribution is -0.107. The maximum Gasteiger partial charge on any atom is 0.410 e. The summed E-state index contributed by atoms with van der Waals surface area (Å²) in [5.41, 5.74) is 5.58. The van der Waals surface area contributed by atoms with Crippen molar-refractivity contribution in [1.82, 2.24) is 4.90 Å². The number of carbonyl (C=O) groups is 2. The third-order valence-corrected chi connectivity index (χ3v) is 6.37. The largest absolute Gasteiger partial charge is 0.496 e. The SMILES string of the molecule is CCN1CCc2cc(-c3ccc(OC)c(CCN(CCCCC=O)C(=O)OC(C)(C)C)c3)ccc21. The van der Waals surface area contributed by atoms with E-state index < -0.39 is 5.60 Å². The van der Waals surface area contributed by atoms with Crippen LogP contribution in [0.5, 0.6) is 5.75 Å². The minimum absolute atomic E-state index is 0.321. The third-order valence-electron chi connectivity index (χ3n) is 6.37. The topological polar surface area (TPSA) is 59.1 Å². The maximum atomic E-state index is 12.8. The van der Waals surface area contributed by atoms with Crippen molar-refractivity contribution in [2.24, 2.45) is 0 Å². The molecule has 3 rings (SSSR count). The zero-order valence-corrected chi connectivity index (χ0v) is 21.9. The number of fused-ring (bicyclic) bond motifs is 1. The van der Waals surface area contributed by atoms with Gasteiger partial charge < -0.3 is 24.1 Å². The van der Waals surface area contributed by atoms with Gasteiger partial charge in [-0.05, 0) is 99.9 Å². The number of aldehydes is 1. The Hall–Kier alpha value is -3.02. The number of methoxy groups -OCH3 is 1. The molecule has 1 aliphatic heterocycles. The molecular weight excluding hydrogens is 440 g/mol. The molecule has 6 heteroatoms. The predicted molar refractivity (Wildman–Crippen MR) is 141 cm³/mol. The number of unbranched alkanes of at least 4 members (excludes halogenated alkanes) is 2. The van der Waals surface area contributed by atoms with Crippen molar-refractivity contribution in [2.75, 3.05) is 38.2 Å². The predicted octanol–water partition coefficient (Wildman–Crippen LogP) is 5.89. The molecule has 0 saturated heterocycles. The molecule has 0 saturated carbocycles. The second-order valence-electron chi connectivity index (χ2n) is 10.1. The second-order valence-corrected chi connectivity index (χ2v) is 10.1. The minimum atomic E-state index is -0.559. The Balaban J connectivity index is 1.77. The third kappa shape index (κ3) is 7.23. The molecule has 0 spiro atoms. The summed E-state index contributed by atoms with van der Waals surface area (Å²) in [6, 6.07) is 13.0. The molecule has 2 aromatic carbocycles. The van der Waals surface area contributed by atoms with Crippen molar-refractivity contribution >= 4 is 18.1 Å². The number of carbonyl (C=O) groups excluding carboxylic acids is 2. The van der Waals surface area contributed by atoms with E-state index in [4.69, 9.17) is 9.47 Å². The normalized spacial score (nSPS) is 12.9. The number of amides is 1. The highest BCUT2D eigenvalue weighted by atomic mass is 16.6. The summed E-state index contributed by atoms with van der Waals surface area (Å²) >= 11 is 0. The van der Waals surface area contributed by atoms with Gasteiger partial charge in [0.1, 0.15) is 17.6 Å². The monoisotopic (exact) mass is 480 g/mol. The highest BCUT2D eigenvalue weighted by Crippen LogP contribution is 2.34. The summed E-state index contributed by atoms with van der Waals surface area (Å²) in [6.07, 6.45) is 4.36. The van der Waals surface area contributed by atoms with Gasteiger partial charge in [-0.1, -0.05) is 12.1 Å². The molecule has 6 nitrogen and oxygen atoms in total. The first-order chi connectivity index (χ1) is 16.8. The summed E-state index contributed by atoms with van der Waals surface area (Å²) in [5.74, 6) is 0.817. The summed E-state index contributed by atoms with van der Waals surface area (Å²) in [5, 5.41) is 0. The van der Waals surface area contributed by atoms with Crippen LogP contribution in [0.25, 0.3) is 11.1 Å². The Morgan fingerprint density at radius 1 is 1.09 bits per heavy atom. The number of nitrogens with zero attached hydrogens (tertiary/aromatic N) is 2. The van der Waals surface area contributed by atoms with E-state index in [-0.39, 0.29) is 6.09 Å². The smallest absolute Gasteiger partial charge is 0.410 e. The van der Waals surface area contributed by atoms with Crippen molar-refractivity contribution in [2.45, 2.75) is 65.4 Å². The molecule has 0 aliphatic carbocycles. The molecule has 0 bridgehead atoms. The average molecular weight is 481 g/mol. The first kappa shape index (κ1) is 26.6. The lowest BCUT2D eigenvalue weighted by atomic mass is 9.98. The van der Waals surface area contributed by atoms with E-state index in [0.29, 0.717) is 25.9 Å². The van der Waals surface area contributed by atoms with E-state index in [1.807, 2.05) is 26.8 Å². The lowest BCUT2D eigenvalue weighted by Crippen LogP contribution is -2.38. The molecule has 1 heterocycles. The summed E-state index contributed by atoms with van der Waals surface area (Å²) in [4.78, 5) is 27.7. The van der Waals surface area contributed by atoms with Crippen LogP contribution in [-0.4, -0.2) is 56.2 Å². The minimum Gasteiger partial charge on any atom is -0.496 e. The van der Waals surface area contributed by atoms with Crippen molar-refractivity contribution in [3.8, 4) is 16.9 Å². The molecule has 0 fully saturated rings.